The molecule has 0 saturated carbocycles. The van der Waals surface area contributed by atoms with E-state index in [1.165, 1.54) is 0 Å². The SMILES string of the molecule is CCNCc1cn(CC2CCOC2)nn1. The van der Waals surface area contributed by atoms with Gasteiger partial charge >= 0.3 is 0 Å². The maximum absolute atomic E-state index is 5.33. The highest BCUT2D eigenvalue weighted by molar-refractivity contribution is 4.91. The van der Waals surface area contributed by atoms with E-state index in [0.717, 1.165) is 45.0 Å². The summed E-state index contributed by atoms with van der Waals surface area (Å²) in [7, 11) is 0. The standard InChI is InChI=1S/C10H18N4O/c1-2-11-5-10-7-14(13-12-10)6-9-3-4-15-8-9/h7,9,11H,2-6,8H2,1H3. The molecule has 5 heteroatoms. The predicted octanol–water partition coefficient (Wildman–Crippen LogP) is 0.424. The van der Waals surface area contributed by atoms with Crippen LogP contribution in [-0.4, -0.2) is 34.8 Å². The fourth-order valence-corrected chi connectivity index (χ4v) is 1.75. The maximum Gasteiger partial charge on any atom is 0.0964 e. The zero-order valence-corrected chi connectivity index (χ0v) is 9.15. The normalized spacial score (nSPS) is 21.0. The van der Waals surface area contributed by atoms with E-state index in [2.05, 4.69) is 22.6 Å². The van der Waals surface area contributed by atoms with Gasteiger partial charge in [0.2, 0.25) is 0 Å². The molecule has 0 aliphatic carbocycles. The van der Waals surface area contributed by atoms with Crippen LogP contribution in [0.3, 0.4) is 0 Å². The highest BCUT2D eigenvalue weighted by Gasteiger charge is 2.16. The number of hydrogen-bond donors (Lipinski definition) is 1. The summed E-state index contributed by atoms with van der Waals surface area (Å²) in [6.07, 6.45) is 3.16. The lowest BCUT2D eigenvalue weighted by Gasteiger charge is -2.05. The molecule has 5 nitrogen and oxygen atoms in total. The summed E-state index contributed by atoms with van der Waals surface area (Å²) in [4.78, 5) is 0. The van der Waals surface area contributed by atoms with Gasteiger partial charge in [-0.3, -0.25) is 4.68 Å². The van der Waals surface area contributed by atoms with Gasteiger partial charge in [0.1, 0.15) is 0 Å². The van der Waals surface area contributed by atoms with Crippen LogP contribution in [0.5, 0.6) is 0 Å². The first-order chi connectivity index (χ1) is 7.38. The molecule has 1 aliphatic heterocycles. The molecule has 1 saturated heterocycles. The van der Waals surface area contributed by atoms with Crippen molar-refractivity contribution in [3.63, 3.8) is 0 Å². The number of rotatable bonds is 5. The van der Waals surface area contributed by atoms with Gasteiger partial charge in [0.25, 0.3) is 0 Å². The number of ether oxygens (including phenoxy) is 1. The molecule has 0 bridgehead atoms. The molecular weight excluding hydrogens is 192 g/mol. The largest absolute Gasteiger partial charge is 0.381 e. The molecule has 0 amide bonds. The number of hydrogen-bond acceptors (Lipinski definition) is 4. The zero-order valence-electron chi connectivity index (χ0n) is 9.15. The molecule has 2 rings (SSSR count). The lowest BCUT2D eigenvalue weighted by atomic mass is 10.1. The molecule has 1 unspecified atom stereocenters. The van der Waals surface area contributed by atoms with Gasteiger partial charge in [-0.05, 0) is 13.0 Å². The Kier molecular flexibility index (Phi) is 3.69. The molecule has 84 valence electrons. The number of aromatic nitrogens is 3. The number of nitrogens with one attached hydrogen (secondary N) is 1. The van der Waals surface area contributed by atoms with Crippen molar-refractivity contribution in [1.82, 2.24) is 20.3 Å². The van der Waals surface area contributed by atoms with Crippen molar-refractivity contribution in [2.24, 2.45) is 5.92 Å². The second kappa shape index (κ2) is 5.23. The highest BCUT2D eigenvalue weighted by Crippen LogP contribution is 2.13. The van der Waals surface area contributed by atoms with Gasteiger partial charge < -0.3 is 10.1 Å². The monoisotopic (exact) mass is 210 g/mol. The second-order valence-electron chi connectivity index (χ2n) is 3.94. The molecule has 15 heavy (non-hydrogen) atoms. The Morgan fingerprint density at radius 2 is 2.60 bits per heavy atom. The minimum absolute atomic E-state index is 0.610. The van der Waals surface area contributed by atoms with E-state index in [0.29, 0.717) is 5.92 Å². The quantitative estimate of drug-likeness (QED) is 0.765. The van der Waals surface area contributed by atoms with E-state index in [9.17, 15) is 0 Å². The van der Waals surface area contributed by atoms with Crippen LogP contribution >= 0.6 is 0 Å². The highest BCUT2D eigenvalue weighted by atomic mass is 16.5. The van der Waals surface area contributed by atoms with E-state index in [-0.39, 0.29) is 0 Å². The first kappa shape index (κ1) is 10.6. The second-order valence-corrected chi connectivity index (χ2v) is 3.94. The Hall–Kier alpha value is -0.940. The van der Waals surface area contributed by atoms with Crippen LogP contribution in [0.4, 0.5) is 0 Å². The Labute approximate surface area is 89.8 Å². The lowest BCUT2D eigenvalue weighted by Crippen LogP contribution is -2.12. The summed E-state index contributed by atoms with van der Waals surface area (Å²) < 4.78 is 7.25. The minimum Gasteiger partial charge on any atom is -0.381 e. The zero-order chi connectivity index (χ0) is 10.5. The van der Waals surface area contributed by atoms with E-state index in [1.807, 2.05) is 10.9 Å². The van der Waals surface area contributed by atoms with Gasteiger partial charge in [0.05, 0.1) is 12.3 Å². The predicted molar refractivity (Wildman–Crippen MR) is 56.3 cm³/mol. The Morgan fingerprint density at radius 3 is 3.33 bits per heavy atom. The molecule has 1 N–H and O–H groups in total. The van der Waals surface area contributed by atoms with Gasteiger partial charge in [0.15, 0.2) is 0 Å². The van der Waals surface area contributed by atoms with E-state index in [1.54, 1.807) is 0 Å². The van der Waals surface area contributed by atoms with Crippen LogP contribution in [0.25, 0.3) is 0 Å². The van der Waals surface area contributed by atoms with Crippen molar-refractivity contribution in [3.05, 3.63) is 11.9 Å². The lowest BCUT2D eigenvalue weighted by molar-refractivity contribution is 0.181. The van der Waals surface area contributed by atoms with Crippen LogP contribution in [0, 0.1) is 5.92 Å². The maximum atomic E-state index is 5.33. The topological polar surface area (TPSA) is 52.0 Å². The van der Waals surface area contributed by atoms with Crippen molar-refractivity contribution in [3.8, 4) is 0 Å². The molecule has 1 fully saturated rings. The van der Waals surface area contributed by atoms with E-state index in [4.69, 9.17) is 4.74 Å². The van der Waals surface area contributed by atoms with Gasteiger partial charge in [-0.1, -0.05) is 12.1 Å². The Bertz CT molecular complexity index is 293. The fourth-order valence-electron chi connectivity index (χ4n) is 1.75. The molecule has 1 aliphatic rings. The van der Waals surface area contributed by atoms with Gasteiger partial charge in [-0.2, -0.15) is 0 Å². The fraction of sp³-hybridized carbons (Fsp3) is 0.800. The van der Waals surface area contributed by atoms with Gasteiger partial charge in [0, 0.05) is 31.8 Å². The van der Waals surface area contributed by atoms with Crippen molar-refractivity contribution < 1.29 is 4.74 Å². The van der Waals surface area contributed by atoms with Crippen molar-refractivity contribution in [2.75, 3.05) is 19.8 Å². The summed E-state index contributed by atoms with van der Waals surface area (Å²) in [6.45, 7) is 6.53. The van der Waals surface area contributed by atoms with Crippen molar-refractivity contribution in [2.45, 2.75) is 26.4 Å². The molecule has 1 aromatic rings. The van der Waals surface area contributed by atoms with Crippen LogP contribution in [0.2, 0.25) is 0 Å². The molecule has 1 aromatic heterocycles. The molecule has 1 atom stereocenters. The van der Waals surface area contributed by atoms with E-state index < -0.39 is 0 Å². The molecule has 0 aromatic carbocycles. The first-order valence-corrected chi connectivity index (χ1v) is 5.56. The third-order valence-electron chi connectivity index (χ3n) is 2.61. The summed E-state index contributed by atoms with van der Waals surface area (Å²) in [5.41, 5.74) is 1.01. The average Bonchev–Trinajstić information content (AvgIpc) is 2.87. The number of nitrogens with zero attached hydrogens (tertiary/aromatic N) is 3. The van der Waals surface area contributed by atoms with Crippen LogP contribution < -0.4 is 5.32 Å². The molecule has 0 spiro atoms. The van der Waals surface area contributed by atoms with E-state index >= 15 is 0 Å². The molecular formula is C10H18N4O. The van der Waals surface area contributed by atoms with Gasteiger partial charge in [-0.15, -0.1) is 5.10 Å². The summed E-state index contributed by atoms with van der Waals surface area (Å²) in [5.74, 6) is 0.610. The average molecular weight is 210 g/mol. The van der Waals surface area contributed by atoms with Crippen molar-refractivity contribution in [1.29, 1.82) is 0 Å². The molecule has 2 heterocycles. The summed E-state index contributed by atoms with van der Waals surface area (Å²) in [6, 6.07) is 0. The van der Waals surface area contributed by atoms with Crippen LogP contribution in [0.1, 0.15) is 19.0 Å². The summed E-state index contributed by atoms with van der Waals surface area (Å²) in [5, 5.41) is 11.4. The van der Waals surface area contributed by atoms with Crippen LogP contribution in [-0.2, 0) is 17.8 Å². The van der Waals surface area contributed by atoms with Crippen molar-refractivity contribution >= 4 is 0 Å². The Balaban J connectivity index is 1.83. The summed E-state index contributed by atoms with van der Waals surface area (Å²) >= 11 is 0. The Morgan fingerprint density at radius 1 is 1.67 bits per heavy atom. The smallest absolute Gasteiger partial charge is 0.0964 e. The third-order valence-corrected chi connectivity index (χ3v) is 2.61. The third kappa shape index (κ3) is 3.00. The minimum atomic E-state index is 0.610. The first-order valence-electron chi connectivity index (χ1n) is 5.56. The van der Waals surface area contributed by atoms with Gasteiger partial charge in [-0.25, -0.2) is 0 Å². The molecule has 0 radical (unpaired) electrons. The van der Waals surface area contributed by atoms with Crippen LogP contribution in [0.15, 0.2) is 6.20 Å².